The molecule has 3 aromatic carbocycles. The summed E-state index contributed by atoms with van der Waals surface area (Å²) >= 11 is 7.87. The number of nitrogens with zero attached hydrogens (tertiary/aromatic N) is 8. The van der Waals surface area contributed by atoms with Crippen LogP contribution in [0, 0.1) is 32.6 Å². The highest BCUT2D eigenvalue weighted by molar-refractivity contribution is 7.15. The number of nitrogens with one attached hydrogen (secondary N) is 3. The first-order valence-electron chi connectivity index (χ1n) is 22.9. The van der Waals surface area contributed by atoms with E-state index in [0.717, 1.165) is 63.8 Å². The van der Waals surface area contributed by atoms with Crippen molar-refractivity contribution in [3.8, 4) is 33.6 Å². The molecule has 1 atom stereocenters. The Labute approximate surface area is 401 Å². The van der Waals surface area contributed by atoms with E-state index in [2.05, 4.69) is 49.8 Å². The van der Waals surface area contributed by atoms with Gasteiger partial charge in [-0.1, -0.05) is 49.7 Å². The Morgan fingerprint density at radius 3 is 2.34 bits per heavy atom. The van der Waals surface area contributed by atoms with E-state index in [-0.39, 0.29) is 65.8 Å². The van der Waals surface area contributed by atoms with Crippen molar-refractivity contribution in [3.05, 3.63) is 121 Å². The number of likely N-dealkylation sites (tertiary alicyclic amines) is 2. The number of phenols is 2. The quantitative estimate of drug-likeness (QED) is 0.0929. The average molecular weight is 961 g/mol. The molecule has 6 heterocycles. The van der Waals surface area contributed by atoms with Crippen LogP contribution in [0.1, 0.15) is 89.4 Å². The lowest BCUT2D eigenvalue weighted by Crippen LogP contribution is -2.56. The number of aromatic nitrogens is 6. The molecule has 3 aromatic heterocycles. The minimum absolute atomic E-state index is 0.0138. The summed E-state index contributed by atoms with van der Waals surface area (Å²) in [7, 11) is 0. The highest BCUT2D eigenvalue weighted by Gasteiger charge is 2.37. The molecule has 3 amide bonds. The number of aromatic hydroxyl groups is 2. The predicted molar refractivity (Wildman–Crippen MR) is 259 cm³/mol. The van der Waals surface area contributed by atoms with Crippen molar-refractivity contribution in [1.29, 1.82) is 0 Å². The number of halogens is 1. The molecular formula is C49H54ClN11O6S. The van der Waals surface area contributed by atoms with E-state index in [1.54, 1.807) is 17.4 Å². The van der Waals surface area contributed by atoms with Gasteiger partial charge in [-0.2, -0.15) is 5.10 Å². The minimum Gasteiger partial charge on any atom is -0.508 e. The fraction of sp³-hybridized carbons (Fsp3) is 0.388. The average Bonchev–Trinajstić information content (AvgIpc) is 3.94. The fourth-order valence-electron chi connectivity index (χ4n) is 9.32. The topological polar surface area (TPSA) is 216 Å². The van der Waals surface area contributed by atoms with E-state index in [1.807, 2.05) is 78.8 Å². The largest absolute Gasteiger partial charge is 0.508 e. The number of carbonyl (C=O) groups is 3. The third-order valence-corrected chi connectivity index (χ3v) is 14.7. The highest BCUT2D eigenvalue weighted by atomic mass is 35.5. The molecule has 0 radical (unpaired) electrons. The van der Waals surface area contributed by atoms with Crippen molar-refractivity contribution in [2.75, 3.05) is 39.3 Å². The Morgan fingerprint density at radius 2 is 1.63 bits per heavy atom. The van der Waals surface area contributed by atoms with E-state index >= 15 is 0 Å². The van der Waals surface area contributed by atoms with Crippen LogP contribution in [0.5, 0.6) is 11.5 Å². The Morgan fingerprint density at radius 1 is 0.912 bits per heavy atom. The molecule has 354 valence electrons. The predicted octanol–water partition coefficient (Wildman–Crippen LogP) is 5.87. The lowest BCUT2D eigenvalue weighted by atomic mass is 9.91. The van der Waals surface area contributed by atoms with Gasteiger partial charge in [-0.05, 0) is 99.6 Å². The first-order valence-corrected chi connectivity index (χ1v) is 24.1. The van der Waals surface area contributed by atoms with Crippen molar-refractivity contribution >= 4 is 46.4 Å². The van der Waals surface area contributed by atoms with Crippen LogP contribution < -0.4 is 16.3 Å². The summed E-state index contributed by atoms with van der Waals surface area (Å²) in [6.45, 7) is 13.5. The van der Waals surface area contributed by atoms with Gasteiger partial charge in [0.1, 0.15) is 28.4 Å². The van der Waals surface area contributed by atoms with Crippen molar-refractivity contribution in [2.45, 2.75) is 72.4 Å². The molecule has 19 heteroatoms. The van der Waals surface area contributed by atoms with E-state index in [9.17, 15) is 29.4 Å². The zero-order chi connectivity index (χ0) is 48.0. The van der Waals surface area contributed by atoms with Crippen molar-refractivity contribution < 1.29 is 24.6 Å². The standard InChI is InChI=1S/C49H54ClN11O6S/c1-26(2)36-18-37(40(63)20-39(36)62)45-55-57-49(67)61(45)35-12-6-30(7-13-35)23-58-16-14-33(15-17-58)47(66)59-24-31(25-59)21-51-42(65)22-52-41(64)19-38-46-56-54-29(5)60(46)48-43(27(3)28(4)68-48)44(53-38)32-8-10-34(50)11-9-32/h6-13,18,20,26,31,33,38,62-63H,14-17,19,21-25H2,1-5H3,(H,51,65)(H,52,64)(H,57,67)/t38-/m0/s1. The fourth-order valence-corrected chi connectivity index (χ4v) is 10.7. The molecule has 0 aliphatic carbocycles. The van der Waals surface area contributed by atoms with Gasteiger partial charge in [-0.15, -0.1) is 21.5 Å². The molecule has 0 bridgehead atoms. The van der Waals surface area contributed by atoms with Gasteiger partial charge in [-0.3, -0.25) is 28.8 Å². The molecule has 68 heavy (non-hydrogen) atoms. The second-order valence-electron chi connectivity index (χ2n) is 18.3. The lowest BCUT2D eigenvalue weighted by molar-refractivity contribution is -0.143. The molecule has 6 aromatic rings. The van der Waals surface area contributed by atoms with Gasteiger partial charge in [0.25, 0.3) is 0 Å². The van der Waals surface area contributed by atoms with Crippen LogP contribution in [0.25, 0.3) is 22.1 Å². The summed E-state index contributed by atoms with van der Waals surface area (Å²) in [4.78, 5) is 63.1. The third-order valence-electron chi connectivity index (χ3n) is 13.3. The number of thiophene rings is 1. The molecule has 0 spiro atoms. The van der Waals surface area contributed by atoms with Crippen molar-refractivity contribution in [2.24, 2.45) is 16.8 Å². The van der Waals surface area contributed by atoms with Gasteiger partial charge in [0.05, 0.1) is 29.9 Å². The highest BCUT2D eigenvalue weighted by Crippen LogP contribution is 2.40. The van der Waals surface area contributed by atoms with E-state index in [1.165, 1.54) is 10.6 Å². The SMILES string of the molecule is Cc1sc2c(c1C)C(c1ccc(Cl)cc1)=N[C@@H](CC(=O)NCC(=O)NCC1CN(C(=O)C3CCN(Cc4ccc(-n5c(-c6cc(C(C)C)c(O)cc6O)n[nH]c5=O)cc4)CC3)C1)c1nnc(C)n1-2. The minimum atomic E-state index is -0.652. The van der Waals surface area contributed by atoms with Gasteiger partial charge in [0, 0.05) is 65.1 Å². The van der Waals surface area contributed by atoms with Crippen LogP contribution in [0.2, 0.25) is 5.02 Å². The van der Waals surface area contributed by atoms with Crippen LogP contribution in [0.3, 0.4) is 0 Å². The lowest BCUT2D eigenvalue weighted by Gasteiger charge is -2.42. The number of rotatable bonds is 13. The number of aromatic amines is 1. The maximum atomic E-state index is 13.4. The summed E-state index contributed by atoms with van der Waals surface area (Å²) < 4.78 is 3.38. The second kappa shape index (κ2) is 19.2. The Balaban J connectivity index is 0.722. The van der Waals surface area contributed by atoms with Gasteiger partial charge in [0.15, 0.2) is 11.6 Å². The summed E-state index contributed by atoms with van der Waals surface area (Å²) in [5.74, 6) is 0.849. The third kappa shape index (κ3) is 9.31. The molecule has 9 rings (SSSR count). The summed E-state index contributed by atoms with van der Waals surface area (Å²) in [5.41, 5.74) is 5.83. The summed E-state index contributed by atoms with van der Waals surface area (Å²) in [6.07, 6.45) is 1.46. The van der Waals surface area contributed by atoms with Crippen molar-refractivity contribution in [3.63, 3.8) is 0 Å². The second-order valence-corrected chi connectivity index (χ2v) is 19.9. The van der Waals surface area contributed by atoms with Crippen LogP contribution in [-0.2, 0) is 20.9 Å². The number of aliphatic imine (C=N–C) groups is 1. The maximum Gasteiger partial charge on any atom is 0.348 e. The monoisotopic (exact) mass is 959 g/mol. The molecule has 0 unspecified atom stereocenters. The van der Waals surface area contributed by atoms with Gasteiger partial charge in [-0.25, -0.2) is 14.5 Å². The van der Waals surface area contributed by atoms with Gasteiger partial charge in [0.2, 0.25) is 17.7 Å². The number of hydrogen-bond donors (Lipinski definition) is 5. The van der Waals surface area contributed by atoms with Crippen LogP contribution in [0.4, 0.5) is 0 Å². The number of phenolic OH excluding ortho intramolecular Hbond substituents is 2. The molecule has 17 nitrogen and oxygen atoms in total. The summed E-state index contributed by atoms with van der Waals surface area (Å²) in [6, 6.07) is 17.4. The van der Waals surface area contributed by atoms with Crippen LogP contribution in [-0.4, -0.2) is 112 Å². The van der Waals surface area contributed by atoms with Crippen LogP contribution >= 0.6 is 22.9 Å². The van der Waals surface area contributed by atoms with Gasteiger partial charge >= 0.3 is 5.69 Å². The molecule has 5 N–H and O–H groups in total. The smallest absolute Gasteiger partial charge is 0.348 e. The van der Waals surface area contributed by atoms with Crippen molar-refractivity contribution in [1.82, 2.24) is 50.0 Å². The maximum absolute atomic E-state index is 13.4. The molecular weight excluding hydrogens is 906 g/mol. The number of amides is 3. The molecule has 0 saturated carbocycles. The number of carbonyl (C=O) groups excluding carboxylic acids is 3. The molecule has 3 aliphatic rings. The molecule has 2 fully saturated rings. The Hall–Kier alpha value is -6.63. The number of aryl methyl sites for hydroxylation is 2. The first-order chi connectivity index (χ1) is 32.6. The van der Waals surface area contributed by atoms with Gasteiger partial charge < -0.3 is 25.7 Å². The number of fused-ring (bicyclic) bond motifs is 3. The molecule has 2 saturated heterocycles. The number of piperidine rings is 1. The van der Waals surface area contributed by atoms with E-state index < -0.39 is 11.7 Å². The Kier molecular flexibility index (Phi) is 13.1. The van der Waals surface area contributed by atoms with E-state index in [4.69, 9.17) is 16.6 Å². The summed E-state index contributed by atoms with van der Waals surface area (Å²) in [5, 5.41) is 43.7. The number of H-pyrrole nitrogens is 1. The van der Waals surface area contributed by atoms with E-state index in [0.29, 0.717) is 59.7 Å². The number of benzene rings is 3. The first kappa shape index (κ1) is 46.5. The normalized spacial score (nSPS) is 16.5. The zero-order valence-electron chi connectivity index (χ0n) is 38.5. The zero-order valence-corrected chi connectivity index (χ0v) is 40.1. The molecule has 3 aliphatic heterocycles. The van der Waals surface area contributed by atoms with Crippen LogP contribution in [0.15, 0.2) is 70.5 Å². The number of hydrogen-bond acceptors (Lipinski definition) is 12. The Bertz CT molecular complexity index is 2980.